The average molecular weight is 260 g/mol. The number of phenols is 1. The number of allylic oxidation sites excluding steroid dienone is 1. The number of hydrogen-bond acceptors (Lipinski definition) is 3. The van der Waals surface area contributed by atoms with Crippen LogP contribution >= 0.6 is 0 Å². The van der Waals surface area contributed by atoms with Crippen LogP contribution in [-0.2, 0) is 4.74 Å². The van der Waals surface area contributed by atoms with Crippen LogP contribution in [0, 0.1) is 11.3 Å². The number of hydrogen-bond donors (Lipinski definition) is 2. The SMILES string of the molecule is CC1=CC[C@]2(CO)CO[C@@H](c3ccccc3O)[C@H]1C2. The van der Waals surface area contributed by atoms with Gasteiger partial charge in [0, 0.05) is 16.9 Å². The first-order chi connectivity index (χ1) is 9.15. The molecule has 3 heteroatoms. The molecule has 19 heavy (non-hydrogen) atoms. The third-order valence-electron chi connectivity index (χ3n) is 4.61. The molecule has 3 atom stereocenters. The van der Waals surface area contributed by atoms with Crippen molar-refractivity contribution < 1.29 is 14.9 Å². The van der Waals surface area contributed by atoms with Gasteiger partial charge in [-0.1, -0.05) is 29.8 Å². The van der Waals surface area contributed by atoms with E-state index in [4.69, 9.17) is 4.74 Å². The van der Waals surface area contributed by atoms with Crippen LogP contribution in [0.25, 0.3) is 0 Å². The van der Waals surface area contributed by atoms with Gasteiger partial charge in [0.25, 0.3) is 0 Å². The first kappa shape index (κ1) is 12.7. The fourth-order valence-electron chi connectivity index (χ4n) is 3.30. The number of fused-ring (bicyclic) bond motifs is 2. The Kier molecular flexibility index (Phi) is 3.11. The van der Waals surface area contributed by atoms with Crippen molar-refractivity contribution in [3.05, 3.63) is 41.5 Å². The van der Waals surface area contributed by atoms with Crippen LogP contribution in [-0.4, -0.2) is 23.4 Å². The van der Waals surface area contributed by atoms with Crippen molar-refractivity contribution in [2.24, 2.45) is 11.3 Å². The van der Waals surface area contributed by atoms with Gasteiger partial charge in [0.05, 0.1) is 19.3 Å². The standard InChI is InChI=1S/C16H20O3/c1-11-6-7-16(9-17)8-13(11)15(19-10-16)12-4-2-3-5-14(12)18/h2-6,13,15,17-18H,7-10H2,1H3/t13-,15-,16-/m0/s1. The Hall–Kier alpha value is -1.32. The van der Waals surface area contributed by atoms with Gasteiger partial charge in [-0.15, -0.1) is 0 Å². The molecule has 102 valence electrons. The lowest BCUT2D eigenvalue weighted by atomic mass is 9.66. The average Bonchev–Trinajstić information content (AvgIpc) is 2.45. The molecule has 0 amide bonds. The minimum absolute atomic E-state index is 0.0996. The Labute approximate surface area is 113 Å². The zero-order valence-electron chi connectivity index (χ0n) is 11.2. The van der Waals surface area contributed by atoms with Crippen LogP contribution in [0.5, 0.6) is 5.75 Å². The van der Waals surface area contributed by atoms with Gasteiger partial charge < -0.3 is 14.9 Å². The zero-order valence-corrected chi connectivity index (χ0v) is 11.2. The van der Waals surface area contributed by atoms with Gasteiger partial charge >= 0.3 is 0 Å². The molecule has 0 spiro atoms. The molecule has 3 nitrogen and oxygen atoms in total. The van der Waals surface area contributed by atoms with Crippen molar-refractivity contribution in [1.29, 1.82) is 0 Å². The molecule has 2 aliphatic rings. The van der Waals surface area contributed by atoms with Gasteiger partial charge in [0.15, 0.2) is 0 Å². The molecular weight excluding hydrogens is 240 g/mol. The predicted molar refractivity (Wildman–Crippen MR) is 72.8 cm³/mol. The molecule has 1 aromatic rings. The highest BCUT2D eigenvalue weighted by Crippen LogP contribution is 2.51. The molecule has 1 aliphatic carbocycles. The number of benzene rings is 1. The number of para-hydroxylation sites is 1. The van der Waals surface area contributed by atoms with Gasteiger partial charge in [-0.05, 0) is 25.8 Å². The quantitative estimate of drug-likeness (QED) is 0.804. The summed E-state index contributed by atoms with van der Waals surface area (Å²) >= 11 is 0. The Morgan fingerprint density at radius 1 is 1.37 bits per heavy atom. The number of aliphatic hydroxyl groups excluding tert-OH is 1. The minimum atomic E-state index is -0.120. The van der Waals surface area contributed by atoms with Crippen LogP contribution in [0.15, 0.2) is 35.9 Å². The van der Waals surface area contributed by atoms with E-state index in [2.05, 4.69) is 13.0 Å². The van der Waals surface area contributed by atoms with Crippen molar-refractivity contribution >= 4 is 0 Å². The van der Waals surface area contributed by atoms with Crippen LogP contribution in [0.4, 0.5) is 0 Å². The number of aromatic hydroxyl groups is 1. The molecule has 0 unspecified atom stereocenters. The molecule has 2 bridgehead atoms. The largest absolute Gasteiger partial charge is 0.508 e. The van der Waals surface area contributed by atoms with E-state index >= 15 is 0 Å². The predicted octanol–water partition coefficient (Wildman–Crippen LogP) is 2.80. The second-order valence-electron chi connectivity index (χ2n) is 5.91. The van der Waals surface area contributed by atoms with Gasteiger partial charge in [-0.2, -0.15) is 0 Å². The molecule has 0 saturated carbocycles. The van der Waals surface area contributed by atoms with Crippen molar-refractivity contribution in [3.63, 3.8) is 0 Å². The lowest BCUT2D eigenvalue weighted by molar-refractivity contribution is -0.114. The Morgan fingerprint density at radius 3 is 2.89 bits per heavy atom. The van der Waals surface area contributed by atoms with Crippen molar-refractivity contribution in [2.45, 2.75) is 25.9 Å². The molecular formula is C16H20O3. The molecule has 2 N–H and O–H groups in total. The molecule has 1 heterocycles. The summed E-state index contributed by atoms with van der Waals surface area (Å²) in [6.45, 7) is 2.84. The fraction of sp³-hybridized carbons (Fsp3) is 0.500. The van der Waals surface area contributed by atoms with Crippen LogP contribution in [0.3, 0.4) is 0 Å². The van der Waals surface area contributed by atoms with E-state index in [9.17, 15) is 10.2 Å². The Balaban J connectivity index is 1.96. The highest BCUT2D eigenvalue weighted by Gasteiger charge is 2.45. The first-order valence-corrected chi connectivity index (χ1v) is 6.82. The summed E-state index contributed by atoms with van der Waals surface area (Å²) in [6, 6.07) is 7.37. The molecule has 1 saturated heterocycles. The maximum absolute atomic E-state index is 10.0. The lowest BCUT2D eigenvalue weighted by Gasteiger charge is -2.47. The van der Waals surface area contributed by atoms with Crippen LogP contribution < -0.4 is 0 Å². The molecule has 1 aliphatic heterocycles. The molecule has 0 aromatic heterocycles. The molecule has 3 rings (SSSR count). The second-order valence-corrected chi connectivity index (χ2v) is 5.91. The summed E-state index contributed by atoms with van der Waals surface area (Å²) in [5.41, 5.74) is 2.04. The summed E-state index contributed by atoms with van der Waals surface area (Å²) in [7, 11) is 0. The van der Waals surface area contributed by atoms with Gasteiger partial charge in [-0.25, -0.2) is 0 Å². The van der Waals surface area contributed by atoms with Crippen molar-refractivity contribution in [2.75, 3.05) is 13.2 Å². The number of ether oxygens (including phenoxy) is 1. The smallest absolute Gasteiger partial charge is 0.121 e. The zero-order chi connectivity index (χ0) is 13.5. The number of phenolic OH excluding ortho intramolecular Hbond substituents is 1. The van der Waals surface area contributed by atoms with Gasteiger partial charge in [-0.3, -0.25) is 0 Å². The topological polar surface area (TPSA) is 49.7 Å². The van der Waals surface area contributed by atoms with E-state index in [1.165, 1.54) is 5.57 Å². The lowest BCUT2D eigenvalue weighted by Crippen LogP contribution is -2.43. The summed E-state index contributed by atoms with van der Waals surface area (Å²) < 4.78 is 6.02. The normalized spacial score (nSPS) is 33.9. The summed E-state index contributed by atoms with van der Waals surface area (Å²) in [5.74, 6) is 0.547. The van der Waals surface area contributed by atoms with E-state index < -0.39 is 0 Å². The third-order valence-corrected chi connectivity index (χ3v) is 4.61. The summed E-state index contributed by atoms with van der Waals surface area (Å²) in [4.78, 5) is 0. The Morgan fingerprint density at radius 2 is 2.16 bits per heavy atom. The highest BCUT2D eigenvalue weighted by atomic mass is 16.5. The van der Waals surface area contributed by atoms with E-state index in [1.807, 2.05) is 18.2 Å². The second kappa shape index (κ2) is 4.66. The van der Waals surface area contributed by atoms with Crippen LogP contribution in [0.2, 0.25) is 0 Å². The monoisotopic (exact) mass is 260 g/mol. The van der Waals surface area contributed by atoms with Gasteiger partial charge in [0.1, 0.15) is 5.75 Å². The van der Waals surface area contributed by atoms with Crippen molar-refractivity contribution in [1.82, 2.24) is 0 Å². The maximum atomic E-state index is 10.0. The number of aliphatic hydroxyl groups is 1. The fourth-order valence-corrected chi connectivity index (χ4v) is 3.30. The highest BCUT2D eigenvalue weighted by molar-refractivity contribution is 5.36. The van der Waals surface area contributed by atoms with E-state index in [-0.39, 0.29) is 24.0 Å². The summed E-state index contributed by atoms with van der Waals surface area (Å²) in [5, 5.41) is 19.7. The summed E-state index contributed by atoms with van der Waals surface area (Å²) in [6.07, 6.45) is 3.95. The van der Waals surface area contributed by atoms with Crippen molar-refractivity contribution in [3.8, 4) is 5.75 Å². The number of rotatable bonds is 2. The van der Waals surface area contributed by atoms with Gasteiger partial charge in [0.2, 0.25) is 0 Å². The van der Waals surface area contributed by atoms with Crippen LogP contribution in [0.1, 0.15) is 31.4 Å². The first-order valence-electron chi connectivity index (χ1n) is 6.82. The van der Waals surface area contributed by atoms with E-state index in [0.717, 1.165) is 18.4 Å². The maximum Gasteiger partial charge on any atom is 0.121 e. The van der Waals surface area contributed by atoms with E-state index in [1.54, 1.807) is 6.07 Å². The minimum Gasteiger partial charge on any atom is -0.508 e. The van der Waals surface area contributed by atoms with E-state index in [0.29, 0.717) is 12.4 Å². The molecule has 1 aromatic carbocycles. The Bertz CT molecular complexity index is 508. The molecule has 1 fully saturated rings. The molecule has 0 radical (unpaired) electrons. The third kappa shape index (κ3) is 2.07.